The molecule has 3 amide bonds. The number of benzene rings is 1. The average Bonchev–Trinajstić information content (AvgIpc) is 3.53. The zero-order valence-electron chi connectivity index (χ0n) is 37.1. The number of piperidine rings is 3. The molecule has 5 aliphatic rings. The number of carbonyl (C=O) groups is 3. The van der Waals surface area contributed by atoms with Crippen molar-refractivity contribution in [2.24, 2.45) is 5.92 Å². The number of alkyl halides is 3. The summed E-state index contributed by atoms with van der Waals surface area (Å²) in [7, 11) is 1.59. The maximum atomic E-state index is 15.9. The van der Waals surface area contributed by atoms with Gasteiger partial charge in [-0.15, -0.1) is 5.10 Å². The summed E-state index contributed by atoms with van der Waals surface area (Å²) in [4.78, 5) is 52.7. The van der Waals surface area contributed by atoms with Gasteiger partial charge in [0, 0.05) is 57.4 Å². The first-order chi connectivity index (χ1) is 29.2. The van der Waals surface area contributed by atoms with Crippen molar-refractivity contribution in [1.82, 2.24) is 34.6 Å². The van der Waals surface area contributed by atoms with Gasteiger partial charge in [-0.3, -0.25) is 19.5 Å². The van der Waals surface area contributed by atoms with Crippen LogP contribution in [0.15, 0.2) is 30.5 Å². The van der Waals surface area contributed by atoms with E-state index in [0.717, 1.165) is 31.4 Å². The van der Waals surface area contributed by atoms with Gasteiger partial charge in [-0.05, 0) is 123 Å². The molecule has 3 saturated heterocycles. The van der Waals surface area contributed by atoms with Crippen LogP contribution in [0.25, 0.3) is 5.65 Å². The SMILES string of the molecule is CN(C(=O)OC(C)(C)C)c1cc(N2CCc3c(CC4CCN(C5CCN(C6CCN(C(=O)OC(C)(C)C)CC6)CC5(F)F)CC4)cccc32)nn2c(C(=O)N[C@@H]3C[C@@H]3F)cnc12. The molecule has 8 rings (SSSR count). The maximum absolute atomic E-state index is 15.9. The van der Waals surface area contributed by atoms with E-state index in [9.17, 15) is 18.8 Å². The van der Waals surface area contributed by atoms with Crippen LogP contribution < -0.4 is 15.1 Å². The van der Waals surface area contributed by atoms with Crippen LogP contribution in [0.2, 0.25) is 0 Å². The standard InChI is InChI=1S/C45H62F3N9O5/c1-43(2,3)61-41(59)52(7)35-25-38(51-57-36(26-49-39(35)57)40(58)50-33-24-32(33)46)56-22-15-31-29(9-8-10-34(31)56)23-28-11-17-53(18-12-28)37-16-21-55(27-45(37,47)48)30-13-19-54(20-14-30)42(60)62-44(4,5)6/h8-10,25-26,28,30,32-33,37H,11-24,27H2,1-7H3,(H,50,58)/t32-,33+,37?/m0/s1. The van der Waals surface area contributed by atoms with Crippen molar-refractivity contribution in [3.05, 3.63) is 47.3 Å². The van der Waals surface area contributed by atoms with Gasteiger partial charge in [-0.2, -0.15) is 0 Å². The van der Waals surface area contributed by atoms with E-state index in [-0.39, 0.29) is 36.4 Å². The van der Waals surface area contributed by atoms with Crippen LogP contribution in [-0.4, -0.2) is 142 Å². The Morgan fingerprint density at radius 1 is 0.919 bits per heavy atom. The van der Waals surface area contributed by atoms with Crippen molar-refractivity contribution in [3.8, 4) is 0 Å². The second kappa shape index (κ2) is 16.8. The fraction of sp³-hybridized carbons (Fsp3) is 0.667. The van der Waals surface area contributed by atoms with Crippen molar-refractivity contribution in [3.63, 3.8) is 0 Å². The van der Waals surface area contributed by atoms with Crippen LogP contribution in [0.1, 0.15) is 102 Å². The van der Waals surface area contributed by atoms with Gasteiger partial charge in [0.05, 0.1) is 30.5 Å². The van der Waals surface area contributed by atoms with E-state index in [1.54, 1.807) is 38.8 Å². The van der Waals surface area contributed by atoms with Gasteiger partial charge in [-0.1, -0.05) is 12.1 Å². The Balaban J connectivity index is 0.920. The second-order valence-electron chi connectivity index (χ2n) is 19.9. The topological polar surface area (TPSA) is 128 Å². The first-order valence-electron chi connectivity index (χ1n) is 22.3. The monoisotopic (exact) mass is 865 g/mol. The molecule has 6 heterocycles. The fourth-order valence-electron chi connectivity index (χ4n) is 9.63. The third-order valence-electron chi connectivity index (χ3n) is 12.9. The Morgan fingerprint density at radius 2 is 1.60 bits per heavy atom. The summed E-state index contributed by atoms with van der Waals surface area (Å²) in [6.45, 7) is 14.1. The molecule has 338 valence electrons. The summed E-state index contributed by atoms with van der Waals surface area (Å²) in [6, 6.07) is 6.71. The molecule has 2 aromatic heterocycles. The predicted octanol–water partition coefficient (Wildman–Crippen LogP) is 7.00. The van der Waals surface area contributed by atoms with Crippen LogP contribution in [-0.2, 0) is 22.3 Å². The highest BCUT2D eigenvalue weighted by Gasteiger charge is 2.49. The number of halogens is 3. The number of imidazole rings is 1. The Bertz CT molecular complexity index is 2160. The number of hydrogen-bond donors (Lipinski definition) is 1. The van der Waals surface area contributed by atoms with Gasteiger partial charge in [0.1, 0.15) is 17.4 Å². The number of anilines is 3. The van der Waals surface area contributed by atoms with Crippen LogP contribution in [0, 0.1) is 5.92 Å². The predicted molar refractivity (Wildman–Crippen MR) is 229 cm³/mol. The molecule has 4 fully saturated rings. The highest BCUT2D eigenvalue weighted by molar-refractivity contribution is 5.97. The summed E-state index contributed by atoms with van der Waals surface area (Å²) in [5.74, 6) is -2.48. The van der Waals surface area contributed by atoms with Crippen molar-refractivity contribution in [1.29, 1.82) is 0 Å². The highest BCUT2D eigenvalue weighted by atomic mass is 19.3. The fourth-order valence-corrected chi connectivity index (χ4v) is 9.63. The normalized spacial score (nSPS) is 23.9. The largest absolute Gasteiger partial charge is 0.444 e. The highest BCUT2D eigenvalue weighted by Crippen LogP contribution is 2.40. The number of rotatable bonds is 8. The smallest absolute Gasteiger partial charge is 0.414 e. The van der Waals surface area contributed by atoms with E-state index in [4.69, 9.17) is 14.6 Å². The minimum Gasteiger partial charge on any atom is -0.444 e. The molecule has 0 spiro atoms. The molecular weight excluding hydrogens is 804 g/mol. The lowest BCUT2D eigenvalue weighted by Gasteiger charge is -2.48. The van der Waals surface area contributed by atoms with Gasteiger partial charge in [0.15, 0.2) is 17.2 Å². The Morgan fingerprint density at radius 3 is 2.24 bits per heavy atom. The summed E-state index contributed by atoms with van der Waals surface area (Å²) in [5, 5.41) is 7.59. The molecule has 1 saturated carbocycles. The number of fused-ring (bicyclic) bond motifs is 2. The Kier molecular flexibility index (Phi) is 11.9. The van der Waals surface area contributed by atoms with Crippen molar-refractivity contribution in [2.75, 3.05) is 62.7 Å². The molecule has 0 radical (unpaired) electrons. The summed E-state index contributed by atoms with van der Waals surface area (Å²) in [6.07, 6.45) is 4.64. The molecule has 3 aromatic rings. The van der Waals surface area contributed by atoms with E-state index in [1.165, 1.54) is 26.7 Å². The molecule has 14 nitrogen and oxygen atoms in total. The molecule has 1 aromatic carbocycles. The van der Waals surface area contributed by atoms with Gasteiger partial charge >= 0.3 is 12.2 Å². The lowest BCUT2D eigenvalue weighted by Crippen LogP contribution is -2.62. The number of amides is 3. The average molecular weight is 866 g/mol. The summed E-state index contributed by atoms with van der Waals surface area (Å²) in [5.41, 5.74) is 2.87. The van der Waals surface area contributed by atoms with Crippen molar-refractivity contribution < 1.29 is 37.0 Å². The number of ether oxygens (including phenoxy) is 2. The van der Waals surface area contributed by atoms with Crippen molar-refractivity contribution in [2.45, 2.75) is 134 Å². The van der Waals surface area contributed by atoms with Crippen LogP contribution >= 0.6 is 0 Å². The van der Waals surface area contributed by atoms with E-state index in [2.05, 4.69) is 21.3 Å². The molecule has 1 aliphatic carbocycles. The van der Waals surface area contributed by atoms with Crippen LogP contribution in [0.3, 0.4) is 0 Å². The minimum atomic E-state index is -2.83. The van der Waals surface area contributed by atoms with Crippen LogP contribution in [0.5, 0.6) is 0 Å². The van der Waals surface area contributed by atoms with Gasteiger partial charge in [0.25, 0.3) is 11.8 Å². The first kappa shape index (κ1) is 44.0. The first-order valence-corrected chi connectivity index (χ1v) is 22.3. The molecule has 3 atom stereocenters. The van der Waals surface area contributed by atoms with E-state index < -0.39 is 47.4 Å². The molecule has 62 heavy (non-hydrogen) atoms. The summed E-state index contributed by atoms with van der Waals surface area (Å²) < 4.78 is 58.3. The van der Waals surface area contributed by atoms with Gasteiger partial charge in [0.2, 0.25) is 0 Å². The third kappa shape index (κ3) is 9.48. The van der Waals surface area contributed by atoms with Crippen molar-refractivity contribution >= 4 is 40.9 Å². The number of carbonyl (C=O) groups excluding carboxylic acids is 3. The third-order valence-corrected chi connectivity index (χ3v) is 12.9. The number of likely N-dealkylation sites (tertiary alicyclic amines) is 3. The molecule has 0 bridgehead atoms. The number of nitrogens with one attached hydrogen (secondary N) is 1. The summed E-state index contributed by atoms with van der Waals surface area (Å²) >= 11 is 0. The molecule has 1 N–H and O–H groups in total. The minimum absolute atomic E-state index is 0.0302. The van der Waals surface area contributed by atoms with E-state index >= 15 is 8.78 Å². The molecule has 17 heteroatoms. The Labute approximate surface area is 362 Å². The van der Waals surface area contributed by atoms with Gasteiger partial charge < -0.3 is 24.6 Å². The zero-order valence-corrected chi connectivity index (χ0v) is 37.1. The van der Waals surface area contributed by atoms with E-state index in [0.29, 0.717) is 76.0 Å². The lowest BCUT2D eigenvalue weighted by atomic mass is 9.86. The number of aromatic nitrogens is 3. The molecule has 4 aliphatic heterocycles. The maximum Gasteiger partial charge on any atom is 0.414 e. The second-order valence-corrected chi connectivity index (χ2v) is 19.9. The van der Waals surface area contributed by atoms with Crippen LogP contribution in [0.4, 0.5) is 40.0 Å². The number of hydrogen-bond acceptors (Lipinski definition) is 10. The lowest BCUT2D eigenvalue weighted by molar-refractivity contribution is -0.141. The molecular formula is C45H62F3N9O5. The quantitative estimate of drug-likeness (QED) is 0.253. The Hall–Kier alpha value is -4.64. The van der Waals surface area contributed by atoms with E-state index in [1.807, 2.05) is 42.7 Å². The number of nitrogens with zero attached hydrogens (tertiary/aromatic N) is 8. The van der Waals surface area contributed by atoms with Gasteiger partial charge in [-0.25, -0.2) is 32.3 Å². The zero-order chi connectivity index (χ0) is 44.3. The molecule has 1 unspecified atom stereocenters.